The van der Waals surface area contributed by atoms with Crippen LogP contribution < -0.4 is 5.32 Å². The molecule has 1 N–H and O–H groups in total. The Morgan fingerprint density at radius 2 is 2.30 bits per heavy atom. The molecule has 1 spiro atoms. The molecule has 2 atom stereocenters. The van der Waals surface area contributed by atoms with Crippen molar-refractivity contribution in [3.63, 3.8) is 0 Å². The van der Waals surface area contributed by atoms with Crippen molar-refractivity contribution in [1.29, 1.82) is 0 Å². The maximum Gasteiger partial charge on any atom is 0.193 e. The third-order valence-electron chi connectivity index (χ3n) is 6.22. The van der Waals surface area contributed by atoms with Gasteiger partial charge in [0.25, 0.3) is 0 Å². The SMILES string of the molecule is CCNC(=NCC(C)N1CCc2sccc2C1)N1CCC2(CCOC2)C1.I. The molecule has 2 fully saturated rings. The van der Waals surface area contributed by atoms with Gasteiger partial charge in [-0.05, 0) is 50.1 Å². The van der Waals surface area contributed by atoms with E-state index in [1.54, 1.807) is 4.88 Å². The van der Waals surface area contributed by atoms with Gasteiger partial charge in [0, 0.05) is 55.7 Å². The molecule has 3 aliphatic rings. The average Bonchev–Trinajstić information content (AvgIpc) is 3.40. The van der Waals surface area contributed by atoms with Crippen LogP contribution >= 0.6 is 35.3 Å². The Balaban J connectivity index is 0.00000210. The first-order valence-electron chi connectivity index (χ1n) is 10.1. The van der Waals surface area contributed by atoms with Crippen LogP contribution in [0.4, 0.5) is 0 Å². The van der Waals surface area contributed by atoms with E-state index < -0.39 is 0 Å². The third kappa shape index (κ3) is 4.79. The van der Waals surface area contributed by atoms with Gasteiger partial charge in [0.2, 0.25) is 0 Å². The second-order valence-electron chi connectivity index (χ2n) is 8.11. The van der Waals surface area contributed by atoms with Crippen LogP contribution in [0.1, 0.15) is 37.1 Å². The first-order valence-corrected chi connectivity index (χ1v) is 11.0. The summed E-state index contributed by atoms with van der Waals surface area (Å²) in [5.74, 6) is 1.09. The van der Waals surface area contributed by atoms with Crippen molar-refractivity contribution in [3.05, 3.63) is 21.9 Å². The number of rotatable bonds is 4. The normalized spacial score (nSPS) is 26.9. The highest BCUT2D eigenvalue weighted by molar-refractivity contribution is 14.0. The van der Waals surface area contributed by atoms with Gasteiger partial charge in [-0.3, -0.25) is 9.89 Å². The van der Waals surface area contributed by atoms with Gasteiger partial charge in [-0.2, -0.15) is 0 Å². The van der Waals surface area contributed by atoms with Gasteiger partial charge in [-0.15, -0.1) is 35.3 Å². The largest absolute Gasteiger partial charge is 0.381 e. The zero-order valence-corrected chi connectivity index (χ0v) is 19.7. The monoisotopic (exact) mass is 504 g/mol. The molecule has 0 amide bonds. The Morgan fingerprint density at radius 3 is 3.07 bits per heavy atom. The van der Waals surface area contributed by atoms with Gasteiger partial charge < -0.3 is 15.0 Å². The topological polar surface area (TPSA) is 40.1 Å². The molecule has 0 saturated carbocycles. The average molecular weight is 504 g/mol. The molecular formula is C20H33IN4OS. The van der Waals surface area contributed by atoms with Crippen LogP contribution in [0.5, 0.6) is 0 Å². The van der Waals surface area contributed by atoms with Crippen LogP contribution in [0.25, 0.3) is 0 Å². The van der Waals surface area contributed by atoms with Gasteiger partial charge in [-0.25, -0.2) is 0 Å². The summed E-state index contributed by atoms with van der Waals surface area (Å²) in [5, 5.41) is 5.75. The van der Waals surface area contributed by atoms with E-state index in [1.165, 1.54) is 24.8 Å². The number of aliphatic imine (C=N–C) groups is 1. The minimum atomic E-state index is 0. The van der Waals surface area contributed by atoms with Crippen LogP contribution in [-0.4, -0.2) is 67.7 Å². The Hall–Kier alpha value is -0.380. The summed E-state index contributed by atoms with van der Waals surface area (Å²) in [7, 11) is 0. The molecule has 4 rings (SSSR count). The van der Waals surface area contributed by atoms with Gasteiger partial charge >= 0.3 is 0 Å². The van der Waals surface area contributed by atoms with Crippen LogP contribution in [0.15, 0.2) is 16.4 Å². The van der Waals surface area contributed by atoms with Crippen LogP contribution in [-0.2, 0) is 17.7 Å². The first-order chi connectivity index (χ1) is 12.7. The summed E-state index contributed by atoms with van der Waals surface area (Å²) in [4.78, 5) is 11.6. The van der Waals surface area contributed by atoms with Crippen molar-refractivity contribution in [2.24, 2.45) is 10.4 Å². The number of ether oxygens (including phenoxy) is 1. The number of nitrogens with zero attached hydrogens (tertiary/aromatic N) is 3. The molecule has 7 heteroatoms. The van der Waals surface area contributed by atoms with E-state index in [0.717, 1.165) is 58.4 Å². The van der Waals surface area contributed by atoms with Crippen molar-refractivity contribution in [2.75, 3.05) is 45.9 Å². The second kappa shape index (κ2) is 9.41. The Labute approximate surface area is 184 Å². The number of hydrogen-bond donors (Lipinski definition) is 1. The molecule has 0 bridgehead atoms. The Bertz CT molecular complexity index is 644. The Morgan fingerprint density at radius 1 is 1.41 bits per heavy atom. The molecule has 0 radical (unpaired) electrons. The highest BCUT2D eigenvalue weighted by Crippen LogP contribution is 2.38. The quantitative estimate of drug-likeness (QED) is 0.389. The molecule has 27 heavy (non-hydrogen) atoms. The van der Waals surface area contributed by atoms with Crippen molar-refractivity contribution in [1.82, 2.24) is 15.1 Å². The minimum Gasteiger partial charge on any atom is -0.381 e. The standard InChI is InChI=1S/C20H32N4OS.HI/c1-3-21-19(24-9-6-20(14-24)7-10-25-15-20)22-12-16(2)23-8-4-18-17(13-23)5-11-26-18;/h5,11,16H,3-4,6-10,12-15H2,1-2H3,(H,21,22);1H. The number of guanidine groups is 1. The molecule has 3 aliphatic heterocycles. The fourth-order valence-corrected chi connectivity index (χ4v) is 5.38. The fraction of sp³-hybridized carbons (Fsp3) is 0.750. The highest BCUT2D eigenvalue weighted by atomic mass is 127. The minimum absolute atomic E-state index is 0. The van der Waals surface area contributed by atoms with Crippen LogP contribution in [0.2, 0.25) is 0 Å². The van der Waals surface area contributed by atoms with E-state index in [9.17, 15) is 0 Å². The van der Waals surface area contributed by atoms with Crippen LogP contribution in [0.3, 0.4) is 0 Å². The number of thiophene rings is 1. The third-order valence-corrected chi connectivity index (χ3v) is 7.25. The van der Waals surface area contributed by atoms with Crippen molar-refractivity contribution < 1.29 is 4.74 Å². The highest BCUT2D eigenvalue weighted by Gasteiger charge is 2.42. The lowest BCUT2D eigenvalue weighted by molar-refractivity contribution is 0.156. The maximum absolute atomic E-state index is 5.68. The van der Waals surface area contributed by atoms with Gasteiger partial charge in [0.1, 0.15) is 0 Å². The van der Waals surface area contributed by atoms with E-state index >= 15 is 0 Å². The van der Waals surface area contributed by atoms with Crippen molar-refractivity contribution >= 4 is 41.3 Å². The summed E-state index contributed by atoms with van der Waals surface area (Å²) in [6.07, 6.45) is 3.63. The van der Waals surface area contributed by atoms with Crippen molar-refractivity contribution in [3.8, 4) is 0 Å². The maximum atomic E-state index is 5.68. The molecule has 0 aliphatic carbocycles. The molecule has 0 aromatic carbocycles. The summed E-state index contributed by atoms with van der Waals surface area (Å²) in [5.41, 5.74) is 1.90. The molecule has 1 aromatic rings. The lowest BCUT2D eigenvalue weighted by Gasteiger charge is -2.32. The van der Waals surface area contributed by atoms with Gasteiger partial charge in [-0.1, -0.05) is 0 Å². The first kappa shape index (κ1) is 21.3. The van der Waals surface area contributed by atoms with E-state index in [1.807, 2.05) is 11.3 Å². The van der Waals surface area contributed by atoms with Gasteiger partial charge in [0.15, 0.2) is 5.96 Å². The summed E-state index contributed by atoms with van der Waals surface area (Å²) in [6.45, 7) is 12.6. The molecule has 152 valence electrons. The number of nitrogens with one attached hydrogen (secondary N) is 1. The van der Waals surface area contributed by atoms with Crippen molar-refractivity contribution in [2.45, 2.75) is 45.7 Å². The smallest absolute Gasteiger partial charge is 0.193 e. The Kier molecular flexibility index (Phi) is 7.44. The van der Waals surface area contributed by atoms with E-state index in [-0.39, 0.29) is 24.0 Å². The van der Waals surface area contributed by atoms with E-state index in [0.29, 0.717) is 11.5 Å². The molecule has 2 saturated heterocycles. The van der Waals surface area contributed by atoms with E-state index in [4.69, 9.17) is 9.73 Å². The fourth-order valence-electron chi connectivity index (χ4n) is 4.49. The predicted molar refractivity (Wildman–Crippen MR) is 123 cm³/mol. The lowest BCUT2D eigenvalue weighted by atomic mass is 9.87. The van der Waals surface area contributed by atoms with E-state index in [2.05, 4.69) is 40.4 Å². The van der Waals surface area contributed by atoms with Crippen LogP contribution in [0, 0.1) is 5.41 Å². The second-order valence-corrected chi connectivity index (χ2v) is 9.11. The molecule has 4 heterocycles. The number of likely N-dealkylation sites (tertiary alicyclic amines) is 1. The predicted octanol–water partition coefficient (Wildman–Crippen LogP) is 3.19. The zero-order chi connectivity index (χ0) is 18.0. The lowest BCUT2D eigenvalue weighted by Crippen LogP contribution is -2.43. The number of hydrogen-bond acceptors (Lipinski definition) is 4. The summed E-state index contributed by atoms with van der Waals surface area (Å²) >= 11 is 1.91. The molecule has 2 unspecified atom stereocenters. The summed E-state index contributed by atoms with van der Waals surface area (Å²) < 4.78 is 5.68. The number of halogens is 1. The summed E-state index contributed by atoms with van der Waals surface area (Å²) in [6, 6.07) is 2.77. The zero-order valence-electron chi connectivity index (χ0n) is 16.6. The van der Waals surface area contributed by atoms with Gasteiger partial charge in [0.05, 0.1) is 13.2 Å². The molecular weight excluding hydrogens is 471 g/mol. The molecule has 1 aromatic heterocycles. The number of fused-ring (bicyclic) bond motifs is 1. The molecule has 5 nitrogen and oxygen atoms in total.